The topological polar surface area (TPSA) is 180 Å². The van der Waals surface area contributed by atoms with E-state index in [0.29, 0.717) is 70.1 Å². The molecule has 12 nitrogen and oxygen atoms in total. The zero-order chi connectivity index (χ0) is 38.8. The van der Waals surface area contributed by atoms with Gasteiger partial charge in [-0.3, -0.25) is 19.4 Å². The molecule has 2 aliphatic heterocycles. The van der Waals surface area contributed by atoms with Crippen LogP contribution in [0, 0.1) is 11.8 Å². The summed E-state index contributed by atoms with van der Waals surface area (Å²) in [6.45, 7) is 1.57. The lowest BCUT2D eigenvalue weighted by molar-refractivity contribution is -0.145. The summed E-state index contributed by atoms with van der Waals surface area (Å²) in [5, 5.41) is 12.2. The smallest absolute Gasteiger partial charge is 0.451 e. The number of nitrogens with zero attached hydrogens (tertiary/aromatic N) is 5. The average Bonchev–Trinajstić information content (AvgIpc) is 3.59. The number of ketones is 1. The molecule has 2 fully saturated rings. The van der Waals surface area contributed by atoms with Crippen molar-refractivity contribution in [3.05, 3.63) is 47.3 Å². The van der Waals surface area contributed by atoms with E-state index >= 15 is 0 Å². The molecule has 53 heavy (non-hydrogen) atoms. The number of nitrogens with one attached hydrogen (secondary N) is 1. The Bertz CT molecular complexity index is 1580. The number of nitrogens with two attached hydrogens (primary N) is 2. The van der Waals surface area contributed by atoms with Crippen molar-refractivity contribution in [1.82, 2.24) is 15.3 Å². The number of hydrogen-bond acceptors (Lipinski definition) is 8. The van der Waals surface area contributed by atoms with E-state index in [1.165, 1.54) is 23.1 Å². The van der Waals surface area contributed by atoms with Gasteiger partial charge in [0.05, 0.1) is 11.5 Å². The van der Waals surface area contributed by atoms with Crippen LogP contribution in [0.5, 0.6) is 0 Å². The maximum Gasteiger partial charge on any atom is 0.451 e. The van der Waals surface area contributed by atoms with Crippen molar-refractivity contribution in [2.75, 3.05) is 42.5 Å². The normalized spacial score (nSPS) is 17.4. The summed E-state index contributed by atoms with van der Waals surface area (Å²) in [6, 6.07) is 5.30. The predicted octanol–water partition coefficient (Wildman–Crippen LogP) is 4.94. The predicted molar refractivity (Wildman–Crippen MR) is 185 cm³/mol. The van der Waals surface area contributed by atoms with Gasteiger partial charge in [0, 0.05) is 51.6 Å². The molecule has 0 radical (unpaired) electrons. The van der Waals surface area contributed by atoms with Gasteiger partial charge < -0.3 is 31.7 Å². The maximum atomic E-state index is 14.0. The van der Waals surface area contributed by atoms with Gasteiger partial charge in [0.15, 0.2) is 5.96 Å². The first-order valence-corrected chi connectivity index (χ1v) is 17.7. The Labute approximate surface area is 303 Å². The number of Topliss-reactive ketones (excluding diaryl/α,β-unsaturated/α-hetero) is 1. The number of alkyl halides is 6. The van der Waals surface area contributed by atoms with Crippen LogP contribution in [0.1, 0.15) is 81.2 Å². The third-order valence-electron chi connectivity index (χ3n) is 9.63. The summed E-state index contributed by atoms with van der Waals surface area (Å²) in [5.74, 6) is -3.49. The Morgan fingerprint density at radius 3 is 2.25 bits per heavy atom. The molecule has 6 N–H and O–H groups in total. The van der Waals surface area contributed by atoms with Gasteiger partial charge in [-0.05, 0) is 81.4 Å². The largest absolute Gasteiger partial charge is 0.481 e. The minimum atomic E-state index is -4.83. The summed E-state index contributed by atoms with van der Waals surface area (Å²) < 4.78 is 80.5. The van der Waals surface area contributed by atoms with E-state index in [2.05, 4.69) is 20.3 Å². The highest BCUT2D eigenvalue weighted by molar-refractivity contribution is 5.86. The second kappa shape index (κ2) is 18.4. The van der Waals surface area contributed by atoms with Gasteiger partial charge in [-0.1, -0.05) is 12.1 Å². The molecule has 18 heteroatoms. The minimum absolute atomic E-state index is 0.0146. The molecule has 0 unspecified atom stereocenters. The Hall–Kier alpha value is -4.64. The fourth-order valence-corrected chi connectivity index (χ4v) is 6.75. The van der Waals surface area contributed by atoms with E-state index in [0.717, 1.165) is 12.1 Å². The molecule has 0 aliphatic carbocycles. The number of rotatable bonds is 17. The molecule has 0 saturated carbocycles. The number of guanidine groups is 1. The molecule has 0 bridgehead atoms. The number of amides is 1. The van der Waals surface area contributed by atoms with E-state index in [4.69, 9.17) is 11.5 Å². The van der Waals surface area contributed by atoms with Crippen LogP contribution in [0.25, 0.3) is 0 Å². The number of benzene rings is 1. The van der Waals surface area contributed by atoms with E-state index in [9.17, 15) is 45.8 Å². The molecule has 2 atom stereocenters. The first-order valence-electron chi connectivity index (χ1n) is 17.7. The van der Waals surface area contributed by atoms with Gasteiger partial charge in [0.1, 0.15) is 23.5 Å². The van der Waals surface area contributed by atoms with E-state index in [-0.39, 0.29) is 68.1 Å². The molecule has 1 aromatic carbocycles. The summed E-state index contributed by atoms with van der Waals surface area (Å²) in [5.41, 5.74) is 10.4. The molecular formula is C35H46F6N8O4. The first-order chi connectivity index (χ1) is 25.0. The van der Waals surface area contributed by atoms with Crippen LogP contribution >= 0.6 is 0 Å². The Morgan fingerprint density at radius 2 is 1.62 bits per heavy atom. The first kappa shape index (κ1) is 41.1. The highest BCUT2D eigenvalue weighted by Crippen LogP contribution is 2.35. The zero-order valence-electron chi connectivity index (χ0n) is 29.3. The lowest BCUT2D eigenvalue weighted by atomic mass is 9.89. The van der Waals surface area contributed by atoms with Crippen LogP contribution in [0.15, 0.2) is 35.3 Å². The molecule has 1 aromatic heterocycles. The molecule has 2 saturated heterocycles. The molecule has 292 valence electrons. The lowest BCUT2D eigenvalue weighted by Gasteiger charge is -2.34. The summed E-state index contributed by atoms with van der Waals surface area (Å²) in [7, 11) is 0. The van der Waals surface area contributed by atoms with E-state index in [1.54, 1.807) is 4.90 Å². The van der Waals surface area contributed by atoms with Crippen molar-refractivity contribution in [2.45, 2.75) is 89.0 Å². The number of carbonyl (C=O) groups excluding carboxylic acids is 2. The average molecular weight is 757 g/mol. The van der Waals surface area contributed by atoms with Gasteiger partial charge in [-0.25, -0.2) is 9.97 Å². The number of hydrogen-bond donors (Lipinski definition) is 4. The third kappa shape index (κ3) is 12.5. The fourth-order valence-electron chi connectivity index (χ4n) is 6.75. The minimum Gasteiger partial charge on any atom is -0.481 e. The quantitative estimate of drug-likeness (QED) is 0.0748. The van der Waals surface area contributed by atoms with Crippen LogP contribution < -0.4 is 26.6 Å². The second-order valence-corrected chi connectivity index (χ2v) is 13.5. The van der Waals surface area contributed by atoms with Gasteiger partial charge in [0.2, 0.25) is 11.7 Å². The van der Waals surface area contributed by atoms with Crippen molar-refractivity contribution in [1.29, 1.82) is 0 Å². The lowest BCUT2D eigenvalue weighted by Crippen LogP contribution is -2.44. The van der Waals surface area contributed by atoms with Gasteiger partial charge >= 0.3 is 18.3 Å². The highest BCUT2D eigenvalue weighted by Gasteiger charge is 2.39. The van der Waals surface area contributed by atoms with Crippen LogP contribution in [-0.4, -0.2) is 77.5 Å². The van der Waals surface area contributed by atoms with Crippen LogP contribution in [0.2, 0.25) is 0 Å². The van der Waals surface area contributed by atoms with Gasteiger partial charge in [0.25, 0.3) is 0 Å². The standard InChI is InChI=1S/C35H46F6N8O4/c36-34(37,38)25-10-8-23(9-11-25)12-16-44-30(51)27-7-3-17-49(27)29-21-28(46-32(47-29)35(39,40)41)48-18-13-22(14-19-48)4-1-6-26(50)20-24(31(52)53)5-2-15-45-33(42)43/h8-11,21-22,24,27H,1-7,12-20H2,(H,44,51)(H,52,53)(H4,42,43,45)/t24-,27+/m1/s1. The molecule has 2 aliphatic rings. The van der Waals surface area contributed by atoms with Crippen molar-refractivity contribution in [2.24, 2.45) is 28.3 Å². The van der Waals surface area contributed by atoms with Crippen LogP contribution in [-0.2, 0) is 33.2 Å². The maximum absolute atomic E-state index is 14.0. The molecule has 1 amide bonds. The number of carboxylic acid groups (broad SMARTS) is 1. The Balaban J connectivity index is 1.30. The summed E-state index contributed by atoms with van der Waals surface area (Å²) in [6.07, 6.45) is -4.61. The third-order valence-corrected chi connectivity index (χ3v) is 9.63. The number of aliphatic imine (C=N–C) groups is 1. The molecular weight excluding hydrogens is 710 g/mol. The Kier molecular flexibility index (Phi) is 14.3. The van der Waals surface area contributed by atoms with Crippen LogP contribution in [0.3, 0.4) is 0 Å². The molecule has 4 rings (SSSR count). The number of piperidine rings is 1. The number of halogens is 6. The van der Waals surface area contributed by atoms with E-state index in [1.807, 2.05) is 0 Å². The second-order valence-electron chi connectivity index (χ2n) is 13.5. The highest BCUT2D eigenvalue weighted by atomic mass is 19.4. The fraction of sp³-hybridized carbons (Fsp3) is 0.600. The van der Waals surface area contributed by atoms with Crippen molar-refractivity contribution in [3.63, 3.8) is 0 Å². The van der Waals surface area contributed by atoms with Crippen molar-refractivity contribution in [3.8, 4) is 0 Å². The molecule has 2 aromatic rings. The SMILES string of the molecule is NC(N)=NCCC[C@H](CC(=O)CCCC1CCN(c2cc(N3CCC[C@H]3C(=O)NCCc3ccc(C(F)(F)F)cc3)nc(C(F)(F)F)n2)CC1)C(=O)O. The number of carboxylic acids is 1. The number of anilines is 2. The molecule has 0 spiro atoms. The summed E-state index contributed by atoms with van der Waals surface area (Å²) in [4.78, 5) is 52.1. The Morgan fingerprint density at radius 1 is 0.943 bits per heavy atom. The van der Waals surface area contributed by atoms with Crippen LogP contribution in [0.4, 0.5) is 38.0 Å². The van der Waals surface area contributed by atoms with Gasteiger partial charge in [-0.2, -0.15) is 26.3 Å². The van der Waals surface area contributed by atoms with Gasteiger partial charge in [-0.15, -0.1) is 0 Å². The molecule has 3 heterocycles. The zero-order valence-corrected chi connectivity index (χ0v) is 29.3. The number of carbonyl (C=O) groups is 3. The monoisotopic (exact) mass is 756 g/mol. The number of aliphatic carboxylic acids is 1. The van der Waals surface area contributed by atoms with E-state index < -0.39 is 47.6 Å². The van der Waals surface area contributed by atoms with Crippen molar-refractivity contribution < 1.29 is 45.8 Å². The van der Waals surface area contributed by atoms with Crippen molar-refractivity contribution >= 4 is 35.3 Å². The summed E-state index contributed by atoms with van der Waals surface area (Å²) >= 11 is 0. The number of aromatic nitrogens is 2.